The van der Waals surface area contributed by atoms with Crippen LogP contribution in [0.2, 0.25) is 0 Å². The molecule has 1 aromatic heterocycles. The van der Waals surface area contributed by atoms with Crippen LogP contribution in [0.15, 0.2) is 29.6 Å². The Balaban J connectivity index is 1.84. The highest BCUT2D eigenvalue weighted by molar-refractivity contribution is 7.14. The Kier molecular flexibility index (Phi) is 3.47. The van der Waals surface area contributed by atoms with E-state index in [4.69, 9.17) is 5.73 Å². The van der Waals surface area contributed by atoms with E-state index >= 15 is 0 Å². The molecule has 0 bridgehead atoms. The zero-order valence-electron chi connectivity index (χ0n) is 11.6. The van der Waals surface area contributed by atoms with Crippen LogP contribution in [0.5, 0.6) is 0 Å². The van der Waals surface area contributed by atoms with E-state index in [-0.39, 0.29) is 12.3 Å². The minimum atomic E-state index is -0.429. The molecule has 0 radical (unpaired) electrons. The van der Waals surface area contributed by atoms with Crippen molar-refractivity contribution in [3.05, 3.63) is 35.2 Å². The molecule has 5 nitrogen and oxygen atoms in total. The van der Waals surface area contributed by atoms with Crippen LogP contribution < -0.4 is 10.6 Å². The molecule has 1 atom stereocenters. The number of hydrogen-bond donors (Lipinski definition) is 1. The first-order valence-electron chi connectivity index (χ1n) is 6.67. The van der Waals surface area contributed by atoms with Gasteiger partial charge in [0, 0.05) is 23.9 Å². The molecule has 2 amide bonds. The van der Waals surface area contributed by atoms with Gasteiger partial charge in [0.05, 0.1) is 11.6 Å². The fourth-order valence-corrected chi connectivity index (χ4v) is 3.19. The molecule has 1 aromatic carbocycles. The quantitative estimate of drug-likeness (QED) is 0.941. The number of aromatic nitrogens is 1. The van der Waals surface area contributed by atoms with Crippen LogP contribution in [0.1, 0.15) is 12.0 Å². The van der Waals surface area contributed by atoms with Crippen LogP contribution in [0.25, 0.3) is 11.3 Å². The summed E-state index contributed by atoms with van der Waals surface area (Å²) < 4.78 is 0. The van der Waals surface area contributed by atoms with Crippen molar-refractivity contribution in [3.63, 3.8) is 0 Å². The van der Waals surface area contributed by atoms with Crippen molar-refractivity contribution in [2.75, 3.05) is 11.4 Å². The van der Waals surface area contributed by atoms with Crippen molar-refractivity contribution in [2.24, 2.45) is 11.7 Å². The number of carbonyl (C=O) groups is 2. The number of aryl methyl sites for hydroxylation is 1. The van der Waals surface area contributed by atoms with Crippen LogP contribution in [-0.2, 0) is 9.59 Å². The topological polar surface area (TPSA) is 76.3 Å². The summed E-state index contributed by atoms with van der Waals surface area (Å²) in [7, 11) is 0. The molecule has 21 heavy (non-hydrogen) atoms. The maximum absolute atomic E-state index is 12.0. The zero-order chi connectivity index (χ0) is 15.0. The summed E-state index contributed by atoms with van der Waals surface area (Å²) in [5.74, 6) is -0.936. The molecule has 0 spiro atoms. The number of nitrogens with zero attached hydrogens (tertiary/aromatic N) is 2. The number of nitrogens with two attached hydrogens (primary N) is 1. The van der Waals surface area contributed by atoms with Gasteiger partial charge in [-0.2, -0.15) is 0 Å². The summed E-state index contributed by atoms with van der Waals surface area (Å²) >= 11 is 1.41. The number of primary amides is 1. The lowest BCUT2D eigenvalue weighted by atomic mass is 10.1. The normalized spacial score (nSPS) is 18.2. The fraction of sp³-hybridized carbons (Fsp3) is 0.267. The maximum Gasteiger partial charge on any atom is 0.229 e. The molecule has 108 valence electrons. The van der Waals surface area contributed by atoms with E-state index in [0.717, 1.165) is 11.3 Å². The SMILES string of the molecule is Cc1ccc(-c2csc(N3CC(C(N)=O)CC3=O)n2)cc1. The van der Waals surface area contributed by atoms with Gasteiger partial charge < -0.3 is 5.73 Å². The summed E-state index contributed by atoms with van der Waals surface area (Å²) in [5, 5.41) is 2.55. The molecule has 2 heterocycles. The van der Waals surface area contributed by atoms with Gasteiger partial charge in [-0.1, -0.05) is 29.8 Å². The summed E-state index contributed by atoms with van der Waals surface area (Å²) in [6, 6.07) is 8.06. The third-order valence-corrected chi connectivity index (χ3v) is 4.46. The van der Waals surface area contributed by atoms with Crippen LogP contribution in [0, 0.1) is 12.8 Å². The van der Waals surface area contributed by atoms with E-state index in [1.807, 2.05) is 36.6 Å². The third kappa shape index (κ3) is 2.67. The molecule has 1 saturated heterocycles. The van der Waals surface area contributed by atoms with E-state index in [1.165, 1.54) is 16.9 Å². The van der Waals surface area contributed by atoms with E-state index in [9.17, 15) is 9.59 Å². The Morgan fingerprint density at radius 3 is 2.71 bits per heavy atom. The van der Waals surface area contributed by atoms with Gasteiger partial charge in [-0.15, -0.1) is 11.3 Å². The minimum absolute atomic E-state index is 0.0939. The van der Waals surface area contributed by atoms with E-state index in [2.05, 4.69) is 4.98 Å². The second-order valence-electron chi connectivity index (χ2n) is 5.19. The number of amides is 2. The number of rotatable bonds is 3. The molecule has 2 N–H and O–H groups in total. The predicted octanol–water partition coefficient (Wildman–Crippen LogP) is 1.96. The van der Waals surface area contributed by atoms with Crippen molar-refractivity contribution < 1.29 is 9.59 Å². The highest BCUT2D eigenvalue weighted by atomic mass is 32.1. The van der Waals surface area contributed by atoms with Crippen LogP contribution in [0.3, 0.4) is 0 Å². The molecular weight excluding hydrogens is 286 g/mol. The molecule has 1 unspecified atom stereocenters. The molecule has 3 rings (SSSR count). The first-order chi connectivity index (χ1) is 10.0. The zero-order valence-corrected chi connectivity index (χ0v) is 12.4. The van der Waals surface area contributed by atoms with Gasteiger partial charge in [0.2, 0.25) is 11.8 Å². The van der Waals surface area contributed by atoms with E-state index < -0.39 is 11.8 Å². The second-order valence-corrected chi connectivity index (χ2v) is 6.03. The number of thiazole rings is 1. The molecule has 1 aliphatic heterocycles. The minimum Gasteiger partial charge on any atom is -0.369 e. The number of hydrogen-bond acceptors (Lipinski definition) is 4. The highest BCUT2D eigenvalue weighted by Gasteiger charge is 2.35. The van der Waals surface area contributed by atoms with Gasteiger partial charge in [-0.05, 0) is 6.92 Å². The summed E-state index contributed by atoms with van der Waals surface area (Å²) in [6.07, 6.45) is 0.175. The number of carbonyl (C=O) groups excluding carboxylic acids is 2. The largest absolute Gasteiger partial charge is 0.369 e. The van der Waals surface area contributed by atoms with Crippen LogP contribution in [0.4, 0.5) is 5.13 Å². The van der Waals surface area contributed by atoms with Gasteiger partial charge in [-0.25, -0.2) is 4.98 Å². The smallest absolute Gasteiger partial charge is 0.229 e. The summed E-state index contributed by atoms with van der Waals surface area (Å²) in [6.45, 7) is 2.36. The van der Waals surface area contributed by atoms with Crippen molar-refractivity contribution in [3.8, 4) is 11.3 Å². The molecule has 0 aliphatic carbocycles. The first-order valence-corrected chi connectivity index (χ1v) is 7.55. The van der Waals surface area contributed by atoms with Crippen molar-refractivity contribution in [1.29, 1.82) is 0 Å². The van der Waals surface area contributed by atoms with Gasteiger partial charge in [0.15, 0.2) is 5.13 Å². The fourth-order valence-electron chi connectivity index (χ4n) is 2.33. The molecule has 6 heteroatoms. The lowest BCUT2D eigenvalue weighted by Crippen LogP contribution is -2.28. The third-order valence-electron chi connectivity index (χ3n) is 3.60. The van der Waals surface area contributed by atoms with Crippen LogP contribution in [-0.4, -0.2) is 23.3 Å². The second kappa shape index (κ2) is 5.29. The van der Waals surface area contributed by atoms with Crippen LogP contribution >= 0.6 is 11.3 Å². The number of anilines is 1. The lowest BCUT2D eigenvalue weighted by molar-refractivity contribution is -0.123. The Labute approximate surface area is 126 Å². The Morgan fingerprint density at radius 1 is 1.38 bits per heavy atom. The van der Waals surface area contributed by atoms with Crippen molar-refractivity contribution in [1.82, 2.24) is 4.98 Å². The van der Waals surface area contributed by atoms with E-state index in [0.29, 0.717) is 11.7 Å². The highest BCUT2D eigenvalue weighted by Crippen LogP contribution is 2.31. The Hall–Kier alpha value is -2.21. The van der Waals surface area contributed by atoms with Crippen molar-refractivity contribution in [2.45, 2.75) is 13.3 Å². The van der Waals surface area contributed by atoms with Gasteiger partial charge in [-0.3, -0.25) is 14.5 Å². The average Bonchev–Trinajstić information content (AvgIpc) is 3.06. The molecule has 1 fully saturated rings. The van der Waals surface area contributed by atoms with E-state index in [1.54, 1.807) is 4.90 Å². The summed E-state index contributed by atoms with van der Waals surface area (Å²) in [4.78, 5) is 29.2. The standard InChI is InChI=1S/C15H15N3O2S/c1-9-2-4-10(5-3-9)12-8-21-15(17-12)18-7-11(14(16)20)6-13(18)19/h2-5,8,11H,6-7H2,1H3,(H2,16,20). The molecule has 1 aliphatic rings. The van der Waals surface area contributed by atoms with Crippen molar-refractivity contribution >= 4 is 28.3 Å². The maximum atomic E-state index is 12.0. The summed E-state index contributed by atoms with van der Waals surface area (Å²) in [5.41, 5.74) is 8.32. The molecule has 2 aromatic rings. The average molecular weight is 301 g/mol. The molecular formula is C15H15N3O2S. The first kappa shape index (κ1) is 13.8. The Bertz CT molecular complexity index is 693. The predicted molar refractivity (Wildman–Crippen MR) is 81.9 cm³/mol. The van der Waals surface area contributed by atoms with Gasteiger partial charge in [0.25, 0.3) is 0 Å². The monoisotopic (exact) mass is 301 g/mol. The lowest BCUT2D eigenvalue weighted by Gasteiger charge is -2.11. The molecule has 0 saturated carbocycles. The Morgan fingerprint density at radius 2 is 2.10 bits per heavy atom. The van der Waals surface area contributed by atoms with Gasteiger partial charge >= 0.3 is 0 Å². The van der Waals surface area contributed by atoms with Gasteiger partial charge in [0.1, 0.15) is 0 Å². The number of benzene rings is 1.